The van der Waals surface area contributed by atoms with E-state index in [4.69, 9.17) is 9.47 Å². The van der Waals surface area contributed by atoms with Crippen LogP contribution in [0, 0.1) is 5.92 Å². The van der Waals surface area contributed by atoms with Crippen molar-refractivity contribution in [3.05, 3.63) is 71.3 Å². The Morgan fingerprint density at radius 1 is 0.865 bits per heavy atom. The molecule has 6 amide bonds. The van der Waals surface area contributed by atoms with E-state index in [0.29, 0.717) is 44.3 Å². The second kappa shape index (κ2) is 15.3. The van der Waals surface area contributed by atoms with Crippen molar-refractivity contribution in [2.75, 3.05) is 6.54 Å². The summed E-state index contributed by atoms with van der Waals surface area (Å²) in [6.45, 7) is 5.88. The molecule has 13 heteroatoms. The molecular formula is C39H49N5O8. The van der Waals surface area contributed by atoms with E-state index in [0.717, 1.165) is 36.8 Å². The minimum atomic E-state index is -1.33. The van der Waals surface area contributed by atoms with Crippen LogP contribution in [0.5, 0.6) is 0 Å². The minimum Gasteiger partial charge on any atom is -0.444 e. The van der Waals surface area contributed by atoms with Crippen LogP contribution >= 0.6 is 0 Å². The van der Waals surface area contributed by atoms with Gasteiger partial charge in [0.25, 0.3) is 11.8 Å². The van der Waals surface area contributed by atoms with E-state index in [1.54, 1.807) is 56.0 Å². The summed E-state index contributed by atoms with van der Waals surface area (Å²) < 4.78 is 11.4. The normalized spacial score (nSPS) is 26.4. The Bertz CT molecular complexity index is 1670. The van der Waals surface area contributed by atoms with E-state index in [2.05, 4.69) is 16.0 Å². The summed E-state index contributed by atoms with van der Waals surface area (Å²) in [7, 11) is 0. The highest BCUT2D eigenvalue weighted by Crippen LogP contribution is 2.47. The number of fused-ring (bicyclic) bond motifs is 3. The smallest absolute Gasteiger partial charge is 0.410 e. The number of imide groups is 1. The van der Waals surface area contributed by atoms with E-state index < -0.39 is 65.1 Å². The molecule has 0 radical (unpaired) electrons. The molecule has 3 N–H and O–H groups in total. The maximum atomic E-state index is 14.4. The van der Waals surface area contributed by atoms with Crippen molar-refractivity contribution in [3.63, 3.8) is 0 Å². The maximum absolute atomic E-state index is 14.4. The zero-order valence-electron chi connectivity index (χ0n) is 30.2. The van der Waals surface area contributed by atoms with Crippen molar-refractivity contribution in [1.29, 1.82) is 0 Å². The number of rotatable bonds is 4. The highest BCUT2D eigenvalue weighted by molar-refractivity contribution is 6.09. The summed E-state index contributed by atoms with van der Waals surface area (Å²) in [6, 6.07) is 14.0. The van der Waals surface area contributed by atoms with Gasteiger partial charge >= 0.3 is 12.2 Å². The molecule has 2 aromatic carbocycles. The summed E-state index contributed by atoms with van der Waals surface area (Å²) in [4.78, 5) is 84.7. The molecule has 4 aliphatic rings. The van der Waals surface area contributed by atoms with Crippen LogP contribution in [0.1, 0.15) is 100 Å². The van der Waals surface area contributed by atoms with E-state index in [-0.39, 0.29) is 18.9 Å². The molecule has 2 aromatic rings. The molecule has 3 fully saturated rings. The fourth-order valence-corrected chi connectivity index (χ4v) is 7.58. The quantitative estimate of drug-likeness (QED) is 0.388. The first-order valence-electron chi connectivity index (χ1n) is 18.4. The van der Waals surface area contributed by atoms with Crippen molar-refractivity contribution >= 4 is 35.8 Å². The molecule has 3 aliphatic heterocycles. The van der Waals surface area contributed by atoms with Crippen LogP contribution in [0.3, 0.4) is 0 Å². The first kappa shape index (κ1) is 36.8. The molecule has 1 aliphatic carbocycles. The number of nitrogens with zero attached hydrogens (tertiary/aromatic N) is 2. The molecule has 0 aromatic heterocycles. The SMILES string of the molecule is CC(C)(C)OC(=O)N[C@H]1CCCCCCC[C@@H]2C[C@@]2(C(=O)NC(=O)c2ccccc2)NC(=O)[C@@H]2C[C@@H](OC(=O)N3Cc4ccccc4C3)CN2C1=O. The van der Waals surface area contributed by atoms with E-state index >= 15 is 0 Å². The number of carbonyl (C=O) groups is 6. The van der Waals surface area contributed by atoms with Crippen molar-refractivity contribution in [2.45, 2.75) is 121 Å². The highest BCUT2D eigenvalue weighted by Gasteiger charge is 2.62. The van der Waals surface area contributed by atoms with Gasteiger partial charge < -0.3 is 25.0 Å². The molecule has 13 nitrogen and oxygen atoms in total. The maximum Gasteiger partial charge on any atom is 0.410 e. The summed E-state index contributed by atoms with van der Waals surface area (Å²) >= 11 is 0. The van der Waals surface area contributed by atoms with E-state index in [1.807, 2.05) is 24.3 Å². The van der Waals surface area contributed by atoms with Gasteiger partial charge in [-0.25, -0.2) is 9.59 Å². The van der Waals surface area contributed by atoms with Crippen LogP contribution in [-0.2, 0) is 36.9 Å². The average Bonchev–Trinajstić information content (AvgIpc) is 3.40. The Morgan fingerprint density at radius 3 is 2.17 bits per heavy atom. The van der Waals surface area contributed by atoms with Crippen LogP contribution in [0.4, 0.5) is 9.59 Å². The summed E-state index contributed by atoms with van der Waals surface area (Å²) in [5.74, 6) is -2.45. The number of amides is 6. The molecule has 5 atom stereocenters. The summed E-state index contributed by atoms with van der Waals surface area (Å²) in [6.07, 6.45) is 3.32. The predicted octanol–water partition coefficient (Wildman–Crippen LogP) is 4.58. The molecule has 278 valence electrons. The van der Waals surface area contributed by atoms with E-state index in [9.17, 15) is 28.8 Å². The standard InChI is InChI=1S/C39H49N5O8/c1-38(2,3)52-36(49)40-30-19-11-6-4-5-10-18-28-21-39(28,35(48)41-32(45)25-14-8-7-9-15-25)42-33(46)31-20-29(24-44(31)34(30)47)51-37(50)43-22-26-16-12-13-17-27(26)23-43/h7-9,12-17,28-31H,4-6,10-11,18-24H2,1-3H3,(H,40,49)(H,42,46)(H,41,45,48)/t28-,29-,30+,31+,39-/m1/s1. The highest BCUT2D eigenvalue weighted by atomic mass is 16.6. The minimum absolute atomic E-state index is 0.00539. The fraction of sp³-hybridized carbons (Fsp3) is 0.538. The lowest BCUT2D eigenvalue weighted by molar-refractivity contribution is -0.141. The van der Waals surface area contributed by atoms with Crippen molar-refractivity contribution in [3.8, 4) is 0 Å². The average molecular weight is 716 g/mol. The molecule has 6 rings (SSSR count). The van der Waals surface area contributed by atoms with Gasteiger partial charge in [-0.3, -0.25) is 29.4 Å². The van der Waals surface area contributed by atoms with Gasteiger partial charge in [0.2, 0.25) is 11.8 Å². The number of benzene rings is 2. The molecule has 1 saturated carbocycles. The monoisotopic (exact) mass is 715 g/mol. The summed E-state index contributed by atoms with van der Waals surface area (Å²) in [5.41, 5.74) is 0.236. The third-order valence-corrected chi connectivity index (χ3v) is 10.4. The second-order valence-corrected chi connectivity index (χ2v) is 15.4. The van der Waals surface area contributed by atoms with Gasteiger partial charge in [0, 0.05) is 25.1 Å². The van der Waals surface area contributed by atoms with Gasteiger partial charge in [0.05, 0.1) is 6.54 Å². The Balaban J connectivity index is 1.24. The lowest BCUT2D eigenvalue weighted by Gasteiger charge is -2.30. The predicted molar refractivity (Wildman–Crippen MR) is 189 cm³/mol. The fourth-order valence-electron chi connectivity index (χ4n) is 7.58. The van der Waals surface area contributed by atoms with Gasteiger partial charge in [-0.05, 0) is 69.2 Å². The Kier molecular flexibility index (Phi) is 10.9. The topological polar surface area (TPSA) is 163 Å². The second-order valence-electron chi connectivity index (χ2n) is 15.4. The Labute approximate surface area is 304 Å². The molecule has 0 bridgehead atoms. The van der Waals surface area contributed by atoms with Crippen molar-refractivity contribution < 1.29 is 38.2 Å². The van der Waals surface area contributed by atoms with E-state index in [1.165, 1.54) is 4.90 Å². The van der Waals surface area contributed by atoms with Crippen LogP contribution in [-0.4, -0.2) is 81.5 Å². The number of alkyl carbamates (subject to hydrolysis) is 1. The van der Waals surface area contributed by atoms with Crippen LogP contribution in [0.25, 0.3) is 0 Å². The number of hydrogen-bond donors (Lipinski definition) is 3. The molecular weight excluding hydrogens is 666 g/mol. The third kappa shape index (κ3) is 8.56. The van der Waals surface area contributed by atoms with Crippen molar-refractivity contribution in [2.24, 2.45) is 5.92 Å². The molecule has 0 spiro atoms. The van der Waals surface area contributed by atoms with Crippen LogP contribution in [0.15, 0.2) is 54.6 Å². The lowest BCUT2D eigenvalue weighted by atomic mass is 10.0. The zero-order chi connectivity index (χ0) is 37.0. The number of carbonyl (C=O) groups excluding carboxylic acids is 6. The Hall–Kier alpha value is -4.94. The third-order valence-electron chi connectivity index (χ3n) is 10.4. The molecule has 52 heavy (non-hydrogen) atoms. The zero-order valence-corrected chi connectivity index (χ0v) is 30.2. The largest absolute Gasteiger partial charge is 0.444 e. The van der Waals surface area contributed by atoms with Gasteiger partial charge in [0.1, 0.15) is 29.3 Å². The van der Waals surface area contributed by atoms with Gasteiger partial charge in [-0.2, -0.15) is 0 Å². The van der Waals surface area contributed by atoms with Gasteiger partial charge in [-0.1, -0.05) is 74.6 Å². The first-order chi connectivity index (χ1) is 24.8. The molecule has 2 saturated heterocycles. The van der Waals surface area contributed by atoms with Gasteiger partial charge in [0.15, 0.2) is 0 Å². The Morgan fingerprint density at radius 2 is 1.50 bits per heavy atom. The molecule has 3 heterocycles. The number of ether oxygens (including phenoxy) is 2. The lowest BCUT2D eigenvalue weighted by Crippen LogP contribution is -2.58. The summed E-state index contributed by atoms with van der Waals surface area (Å²) in [5, 5.41) is 8.18. The van der Waals surface area contributed by atoms with Crippen LogP contribution in [0.2, 0.25) is 0 Å². The number of hydrogen-bond acceptors (Lipinski definition) is 8. The molecule has 0 unspecified atom stereocenters. The number of nitrogens with one attached hydrogen (secondary N) is 3. The van der Waals surface area contributed by atoms with Gasteiger partial charge in [-0.15, -0.1) is 0 Å². The first-order valence-corrected chi connectivity index (χ1v) is 18.4. The van der Waals surface area contributed by atoms with Crippen LogP contribution < -0.4 is 16.0 Å². The van der Waals surface area contributed by atoms with Crippen molar-refractivity contribution in [1.82, 2.24) is 25.8 Å².